The standard InChI is InChI=1S/C19H15FN2O5S/c20-14-5-7-16(8-6-14)26-11-18-21-15(12-28-18)9-19(23)27-10-13-3-1-2-4-17(13)22(24)25/h1-8,12H,9-11H2. The zero-order valence-electron chi connectivity index (χ0n) is 14.5. The van der Waals surface area contributed by atoms with Gasteiger partial charge in [-0.2, -0.15) is 0 Å². The molecule has 0 aliphatic carbocycles. The van der Waals surface area contributed by atoms with Gasteiger partial charge in [0.25, 0.3) is 5.69 Å². The van der Waals surface area contributed by atoms with Crippen molar-refractivity contribution in [2.45, 2.75) is 19.6 Å². The molecule has 2 aromatic carbocycles. The highest BCUT2D eigenvalue weighted by atomic mass is 32.1. The first-order valence-electron chi connectivity index (χ1n) is 8.21. The zero-order chi connectivity index (χ0) is 19.9. The van der Waals surface area contributed by atoms with Crippen molar-refractivity contribution < 1.29 is 23.6 Å². The number of rotatable bonds is 8. The summed E-state index contributed by atoms with van der Waals surface area (Å²) in [6, 6.07) is 11.7. The Morgan fingerprint density at radius 1 is 1.14 bits per heavy atom. The van der Waals surface area contributed by atoms with Crippen molar-refractivity contribution in [2.24, 2.45) is 0 Å². The van der Waals surface area contributed by atoms with Crippen LogP contribution < -0.4 is 4.74 Å². The lowest BCUT2D eigenvalue weighted by Gasteiger charge is -2.05. The predicted molar refractivity (Wildman–Crippen MR) is 99.4 cm³/mol. The van der Waals surface area contributed by atoms with Crippen molar-refractivity contribution in [3.63, 3.8) is 0 Å². The van der Waals surface area contributed by atoms with Crippen LogP contribution in [0.2, 0.25) is 0 Å². The molecule has 0 aliphatic rings. The third-order valence-corrected chi connectivity index (χ3v) is 4.55. The van der Waals surface area contributed by atoms with Gasteiger partial charge in [0.2, 0.25) is 0 Å². The Kier molecular flexibility index (Phi) is 6.28. The Balaban J connectivity index is 1.50. The lowest BCUT2D eigenvalue weighted by Crippen LogP contribution is -2.09. The Labute approximate surface area is 163 Å². The average Bonchev–Trinajstić information content (AvgIpc) is 3.13. The molecule has 7 nitrogen and oxygen atoms in total. The van der Waals surface area contributed by atoms with Crippen LogP contribution in [-0.4, -0.2) is 15.9 Å². The molecule has 9 heteroatoms. The summed E-state index contributed by atoms with van der Waals surface area (Å²) in [5, 5.41) is 13.3. The first kappa shape index (κ1) is 19.4. The fourth-order valence-electron chi connectivity index (χ4n) is 2.34. The lowest BCUT2D eigenvalue weighted by molar-refractivity contribution is -0.385. The number of hydrogen-bond donors (Lipinski definition) is 0. The van der Waals surface area contributed by atoms with Crippen LogP contribution in [0.1, 0.15) is 16.3 Å². The molecule has 3 rings (SSSR count). The highest BCUT2D eigenvalue weighted by Gasteiger charge is 2.15. The van der Waals surface area contributed by atoms with Crippen LogP contribution >= 0.6 is 11.3 Å². The molecule has 0 atom stereocenters. The highest BCUT2D eigenvalue weighted by molar-refractivity contribution is 7.09. The Bertz CT molecular complexity index is 974. The maximum absolute atomic E-state index is 12.9. The summed E-state index contributed by atoms with van der Waals surface area (Å²) in [7, 11) is 0. The molecule has 0 N–H and O–H groups in total. The second kappa shape index (κ2) is 9.05. The van der Waals surface area contributed by atoms with E-state index in [1.807, 2.05) is 0 Å². The van der Waals surface area contributed by atoms with E-state index >= 15 is 0 Å². The van der Waals surface area contributed by atoms with E-state index in [4.69, 9.17) is 9.47 Å². The number of ether oxygens (including phenoxy) is 2. The molecule has 28 heavy (non-hydrogen) atoms. The first-order chi connectivity index (χ1) is 13.5. The van der Waals surface area contributed by atoms with Gasteiger partial charge in [0.05, 0.1) is 22.6 Å². The molecule has 0 amide bonds. The molecular weight excluding hydrogens is 387 g/mol. The number of halogens is 1. The molecule has 0 unspecified atom stereocenters. The molecule has 0 bridgehead atoms. The fourth-order valence-corrected chi connectivity index (χ4v) is 3.05. The number of carbonyl (C=O) groups is 1. The van der Waals surface area contributed by atoms with E-state index < -0.39 is 10.9 Å². The Hall–Kier alpha value is -3.33. The van der Waals surface area contributed by atoms with E-state index in [1.54, 1.807) is 23.6 Å². The molecule has 1 heterocycles. The van der Waals surface area contributed by atoms with E-state index in [0.717, 1.165) is 0 Å². The van der Waals surface area contributed by atoms with Crippen molar-refractivity contribution in [2.75, 3.05) is 0 Å². The van der Waals surface area contributed by atoms with Crippen molar-refractivity contribution >= 4 is 23.0 Å². The molecule has 3 aromatic rings. The maximum Gasteiger partial charge on any atom is 0.312 e. The van der Waals surface area contributed by atoms with Crippen molar-refractivity contribution in [1.29, 1.82) is 0 Å². The van der Waals surface area contributed by atoms with Crippen molar-refractivity contribution in [1.82, 2.24) is 4.98 Å². The summed E-state index contributed by atoms with van der Waals surface area (Å²) in [5.74, 6) is -0.361. The summed E-state index contributed by atoms with van der Waals surface area (Å²) < 4.78 is 23.5. The molecule has 0 spiro atoms. The van der Waals surface area contributed by atoms with Gasteiger partial charge in [-0.3, -0.25) is 14.9 Å². The SMILES string of the molecule is O=C(Cc1csc(COc2ccc(F)cc2)n1)OCc1ccccc1[N+](=O)[O-]. The van der Waals surface area contributed by atoms with Gasteiger partial charge in [0, 0.05) is 11.4 Å². The second-order valence-corrected chi connectivity index (χ2v) is 6.64. The number of nitrogens with zero attached hydrogens (tertiary/aromatic N) is 2. The topological polar surface area (TPSA) is 91.6 Å². The van der Waals surface area contributed by atoms with Crippen LogP contribution in [0.5, 0.6) is 5.75 Å². The third kappa shape index (κ3) is 5.34. The second-order valence-electron chi connectivity index (χ2n) is 5.70. The quantitative estimate of drug-likeness (QED) is 0.321. The van der Waals surface area contributed by atoms with Gasteiger partial charge in [0.15, 0.2) is 0 Å². The molecular formula is C19H15FN2O5S. The van der Waals surface area contributed by atoms with E-state index in [0.29, 0.717) is 22.0 Å². The summed E-state index contributed by atoms with van der Waals surface area (Å²) in [4.78, 5) is 26.7. The van der Waals surface area contributed by atoms with E-state index in [-0.39, 0.29) is 31.1 Å². The molecule has 0 radical (unpaired) electrons. The minimum atomic E-state index is -0.533. The van der Waals surface area contributed by atoms with Gasteiger partial charge in [-0.25, -0.2) is 9.37 Å². The summed E-state index contributed by atoms with van der Waals surface area (Å²) in [6.45, 7) is 0.0161. The van der Waals surface area contributed by atoms with Gasteiger partial charge >= 0.3 is 5.97 Å². The van der Waals surface area contributed by atoms with Gasteiger partial charge in [0.1, 0.15) is 29.8 Å². The monoisotopic (exact) mass is 402 g/mol. The number of carbonyl (C=O) groups excluding carboxylic acids is 1. The van der Waals surface area contributed by atoms with Gasteiger partial charge in [-0.1, -0.05) is 12.1 Å². The number of hydrogen-bond acceptors (Lipinski definition) is 7. The number of aromatic nitrogens is 1. The minimum absolute atomic E-state index is 0.0479. The number of esters is 1. The van der Waals surface area contributed by atoms with E-state index in [2.05, 4.69) is 4.98 Å². The summed E-state index contributed by atoms with van der Waals surface area (Å²) in [5.41, 5.74) is 0.756. The Morgan fingerprint density at radius 3 is 2.64 bits per heavy atom. The van der Waals surface area contributed by atoms with Crippen LogP contribution in [0.25, 0.3) is 0 Å². The van der Waals surface area contributed by atoms with Crippen molar-refractivity contribution in [3.05, 3.63) is 86.1 Å². The van der Waals surface area contributed by atoms with Gasteiger partial charge < -0.3 is 9.47 Å². The normalized spacial score (nSPS) is 10.5. The summed E-state index contributed by atoms with van der Waals surface area (Å²) >= 11 is 1.33. The van der Waals surface area contributed by atoms with Crippen LogP contribution in [0, 0.1) is 15.9 Å². The average molecular weight is 402 g/mol. The lowest BCUT2D eigenvalue weighted by atomic mass is 10.2. The number of benzene rings is 2. The number of nitro benzene ring substituents is 1. The van der Waals surface area contributed by atoms with E-state index in [1.165, 1.54) is 41.7 Å². The first-order valence-corrected chi connectivity index (χ1v) is 9.09. The number of para-hydroxylation sites is 1. The summed E-state index contributed by atoms with van der Waals surface area (Å²) in [6.07, 6.45) is -0.0479. The molecule has 144 valence electrons. The van der Waals surface area contributed by atoms with Crippen molar-refractivity contribution in [3.8, 4) is 5.75 Å². The third-order valence-electron chi connectivity index (χ3n) is 3.68. The van der Waals surface area contributed by atoms with Gasteiger partial charge in [-0.15, -0.1) is 11.3 Å². The predicted octanol–water partition coefficient (Wildman–Crippen LogP) is 4.06. The molecule has 1 aromatic heterocycles. The Morgan fingerprint density at radius 2 is 1.89 bits per heavy atom. The highest BCUT2D eigenvalue weighted by Crippen LogP contribution is 2.19. The van der Waals surface area contributed by atoms with Gasteiger partial charge in [-0.05, 0) is 30.3 Å². The molecule has 0 saturated heterocycles. The fraction of sp³-hybridized carbons (Fsp3) is 0.158. The smallest absolute Gasteiger partial charge is 0.312 e. The maximum atomic E-state index is 12.9. The number of thiazole rings is 1. The molecule has 0 aliphatic heterocycles. The van der Waals surface area contributed by atoms with E-state index in [9.17, 15) is 19.3 Å². The molecule has 0 fully saturated rings. The minimum Gasteiger partial charge on any atom is -0.486 e. The number of nitro groups is 1. The van der Waals surface area contributed by atoms with Crippen LogP contribution in [0.4, 0.5) is 10.1 Å². The molecule has 0 saturated carbocycles. The van der Waals surface area contributed by atoms with Crippen LogP contribution in [-0.2, 0) is 29.2 Å². The zero-order valence-corrected chi connectivity index (χ0v) is 15.4. The van der Waals surface area contributed by atoms with Crippen LogP contribution in [0.3, 0.4) is 0 Å². The van der Waals surface area contributed by atoms with Crippen LogP contribution in [0.15, 0.2) is 53.9 Å². The largest absolute Gasteiger partial charge is 0.486 e.